The monoisotopic (exact) mass is 637 g/mol. The minimum Gasteiger partial charge on any atom is -0.455 e. The summed E-state index contributed by atoms with van der Waals surface area (Å²) >= 11 is 0. The van der Waals surface area contributed by atoms with Gasteiger partial charge in [0.1, 0.15) is 22.5 Å². The fourth-order valence-electron chi connectivity index (χ4n) is 7.15. The van der Waals surface area contributed by atoms with Gasteiger partial charge in [0.15, 0.2) is 5.58 Å². The minimum absolute atomic E-state index is 0.274. The average molecular weight is 638 g/mol. The first-order valence-electron chi connectivity index (χ1n) is 17.0. The molecular weight excluding hydrogens is 603 g/mol. The van der Waals surface area contributed by atoms with Crippen LogP contribution in [0.15, 0.2) is 136 Å². The van der Waals surface area contributed by atoms with Crippen LogP contribution in [0.5, 0.6) is 0 Å². The van der Waals surface area contributed by atoms with Crippen molar-refractivity contribution in [2.24, 2.45) is 0 Å². The van der Waals surface area contributed by atoms with Gasteiger partial charge >= 0.3 is 0 Å². The first-order chi connectivity index (χ1) is 23.9. The summed E-state index contributed by atoms with van der Waals surface area (Å²) in [5.74, 6) is 2.00. The third kappa shape index (κ3) is 4.76. The first-order valence-corrected chi connectivity index (χ1v) is 17.0. The highest BCUT2D eigenvalue weighted by Gasteiger charge is 2.25. The Hall–Kier alpha value is -5.94. The first kappa shape index (κ1) is 29.2. The number of para-hydroxylation sites is 3. The van der Waals surface area contributed by atoms with Crippen molar-refractivity contribution in [3.05, 3.63) is 139 Å². The molecule has 0 aliphatic rings. The predicted molar refractivity (Wildman–Crippen MR) is 200 cm³/mol. The van der Waals surface area contributed by atoms with Gasteiger partial charge in [-0.1, -0.05) is 100 Å². The lowest BCUT2D eigenvalue weighted by atomic mass is 9.88. The highest BCUT2D eigenvalue weighted by molar-refractivity contribution is 6.12. The predicted octanol–water partition coefficient (Wildman–Crippen LogP) is 12.3. The fourth-order valence-corrected chi connectivity index (χ4v) is 7.15. The van der Waals surface area contributed by atoms with E-state index in [1.807, 2.05) is 36.4 Å². The molecule has 0 radical (unpaired) electrons. The molecule has 9 aromatic rings. The van der Waals surface area contributed by atoms with Gasteiger partial charge in [-0.25, -0.2) is 9.97 Å². The van der Waals surface area contributed by atoms with Gasteiger partial charge in [0.2, 0.25) is 5.89 Å². The minimum atomic E-state index is 0.274. The largest absolute Gasteiger partial charge is 0.455 e. The Kier molecular flexibility index (Phi) is 6.76. The van der Waals surface area contributed by atoms with Crippen LogP contribution in [0.25, 0.3) is 83.7 Å². The second-order valence-corrected chi connectivity index (χ2v) is 13.4. The maximum Gasteiger partial charge on any atom is 0.227 e. The van der Waals surface area contributed by atoms with Gasteiger partial charge in [0.05, 0.1) is 22.3 Å². The molecular formula is C44H35N3O2. The molecule has 3 heterocycles. The van der Waals surface area contributed by atoms with Crippen LogP contribution >= 0.6 is 0 Å². The Labute approximate surface area is 284 Å². The van der Waals surface area contributed by atoms with Crippen molar-refractivity contribution < 1.29 is 8.83 Å². The maximum atomic E-state index is 6.75. The van der Waals surface area contributed by atoms with Crippen molar-refractivity contribution in [3.63, 3.8) is 0 Å². The van der Waals surface area contributed by atoms with E-state index in [-0.39, 0.29) is 11.8 Å². The second kappa shape index (κ2) is 11.3. The van der Waals surface area contributed by atoms with Crippen LogP contribution in [0.3, 0.4) is 0 Å². The smallest absolute Gasteiger partial charge is 0.227 e. The molecule has 49 heavy (non-hydrogen) atoms. The summed E-state index contributed by atoms with van der Waals surface area (Å²) in [7, 11) is 0. The van der Waals surface area contributed by atoms with Gasteiger partial charge in [-0.05, 0) is 82.6 Å². The van der Waals surface area contributed by atoms with Gasteiger partial charge in [0.25, 0.3) is 0 Å². The zero-order chi connectivity index (χ0) is 33.2. The van der Waals surface area contributed by atoms with Crippen LogP contribution in [0.1, 0.15) is 50.7 Å². The van der Waals surface area contributed by atoms with E-state index < -0.39 is 0 Å². The van der Waals surface area contributed by atoms with Crippen LogP contribution < -0.4 is 0 Å². The Bertz CT molecular complexity index is 2630. The lowest BCUT2D eigenvalue weighted by Gasteiger charge is -2.24. The molecule has 238 valence electrons. The maximum absolute atomic E-state index is 6.75. The molecule has 6 aromatic carbocycles. The average Bonchev–Trinajstić information content (AvgIpc) is 3.83. The SMILES string of the molecule is CC(C)c1cc(-c2ccccc2)cc(C(C)C)c1-n1c(-c2cccc3c2oc2cc4nc(-c5ccccc5)oc4cc23)nc2ccccc21. The molecule has 5 nitrogen and oxygen atoms in total. The number of hydrogen-bond acceptors (Lipinski definition) is 4. The summed E-state index contributed by atoms with van der Waals surface area (Å²) in [5, 5.41) is 2.00. The number of benzene rings is 6. The Balaban J connectivity index is 1.30. The standard InChI is InChI=1S/C44H35N3O2/c1-26(2)33-22-30(28-14-7-5-8-15-28)23-34(27(3)4)41(33)47-38-21-12-11-20-36(38)45-43(47)32-19-13-18-31-35-24-40-37(25-39(35)48-42(31)32)46-44(49-40)29-16-9-6-10-17-29/h5-27H,1-4H3. The topological polar surface area (TPSA) is 57.0 Å². The van der Waals surface area contributed by atoms with Crippen molar-refractivity contribution in [3.8, 4) is 39.7 Å². The molecule has 0 saturated carbocycles. The molecule has 0 aliphatic heterocycles. The number of imidazole rings is 1. The van der Waals surface area contributed by atoms with Crippen molar-refractivity contribution in [1.29, 1.82) is 0 Å². The molecule has 0 aliphatic carbocycles. The van der Waals surface area contributed by atoms with Gasteiger partial charge < -0.3 is 8.83 Å². The fraction of sp³-hybridized carbons (Fsp3) is 0.136. The lowest BCUT2D eigenvalue weighted by Crippen LogP contribution is -2.09. The van der Waals surface area contributed by atoms with Crippen LogP contribution in [0, 0.1) is 0 Å². The van der Waals surface area contributed by atoms with Gasteiger partial charge in [-0.3, -0.25) is 4.57 Å². The lowest BCUT2D eigenvalue weighted by molar-refractivity contribution is 0.620. The summed E-state index contributed by atoms with van der Waals surface area (Å²) < 4.78 is 15.4. The van der Waals surface area contributed by atoms with E-state index >= 15 is 0 Å². The molecule has 0 spiro atoms. The number of aromatic nitrogens is 3. The Morgan fingerprint density at radius 1 is 0.531 bits per heavy atom. The normalized spacial score (nSPS) is 12.0. The molecule has 0 N–H and O–H groups in total. The molecule has 0 unspecified atom stereocenters. The molecule has 0 fully saturated rings. The number of hydrogen-bond donors (Lipinski definition) is 0. The highest BCUT2D eigenvalue weighted by atomic mass is 16.4. The van der Waals surface area contributed by atoms with Gasteiger partial charge in [-0.15, -0.1) is 0 Å². The van der Waals surface area contributed by atoms with Crippen LogP contribution in [0.2, 0.25) is 0 Å². The van der Waals surface area contributed by atoms with E-state index in [1.54, 1.807) is 0 Å². The second-order valence-electron chi connectivity index (χ2n) is 13.4. The van der Waals surface area contributed by atoms with E-state index in [2.05, 4.69) is 123 Å². The number of fused-ring (bicyclic) bond motifs is 5. The third-order valence-corrected chi connectivity index (χ3v) is 9.57. The number of rotatable bonds is 6. The van der Waals surface area contributed by atoms with Gasteiger partial charge in [-0.2, -0.15) is 0 Å². The van der Waals surface area contributed by atoms with E-state index in [9.17, 15) is 0 Å². The summed E-state index contributed by atoms with van der Waals surface area (Å²) in [5.41, 5.74) is 13.2. The van der Waals surface area contributed by atoms with Crippen LogP contribution in [-0.4, -0.2) is 14.5 Å². The number of oxazole rings is 1. The van der Waals surface area contributed by atoms with Crippen LogP contribution in [-0.2, 0) is 0 Å². The van der Waals surface area contributed by atoms with E-state index in [1.165, 1.54) is 27.9 Å². The molecule has 0 atom stereocenters. The molecule has 0 amide bonds. The van der Waals surface area contributed by atoms with E-state index in [0.717, 1.165) is 61.0 Å². The number of furan rings is 1. The molecule has 3 aromatic heterocycles. The van der Waals surface area contributed by atoms with Gasteiger partial charge in [0, 0.05) is 22.4 Å². The van der Waals surface area contributed by atoms with Crippen molar-refractivity contribution in [2.45, 2.75) is 39.5 Å². The zero-order valence-corrected chi connectivity index (χ0v) is 27.9. The summed E-state index contributed by atoms with van der Waals surface area (Å²) in [6, 6.07) is 44.2. The summed E-state index contributed by atoms with van der Waals surface area (Å²) in [6.07, 6.45) is 0. The van der Waals surface area contributed by atoms with Crippen molar-refractivity contribution in [1.82, 2.24) is 14.5 Å². The number of nitrogens with zero attached hydrogens (tertiary/aromatic N) is 3. The molecule has 0 bridgehead atoms. The highest BCUT2D eigenvalue weighted by Crippen LogP contribution is 2.43. The van der Waals surface area contributed by atoms with Crippen molar-refractivity contribution >= 4 is 44.1 Å². The molecule has 5 heteroatoms. The van der Waals surface area contributed by atoms with E-state index in [0.29, 0.717) is 5.89 Å². The summed E-state index contributed by atoms with van der Waals surface area (Å²) in [4.78, 5) is 10.1. The van der Waals surface area contributed by atoms with Crippen molar-refractivity contribution in [2.75, 3.05) is 0 Å². The summed E-state index contributed by atoms with van der Waals surface area (Å²) in [6.45, 7) is 9.12. The molecule has 9 rings (SSSR count). The Morgan fingerprint density at radius 3 is 1.92 bits per heavy atom. The quantitative estimate of drug-likeness (QED) is 0.182. The van der Waals surface area contributed by atoms with Crippen LogP contribution in [0.4, 0.5) is 0 Å². The van der Waals surface area contributed by atoms with E-state index in [4.69, 9.17) is 18.8 Å². The molecule has 0 saturated heterocycles. The zero-order valence-electron chi connectivity index (χ0n) is 27.9. The Morgan fingerprint density at radius 2 is 1.20 bits per heavy atom. The third-order valence-electron chi connectivity index (χ3n) is 9.57.